The van der Waals surface area contributed by atoms with Crippen molar-refractivity contribution >= 4 is 50.9 Å². The van der Waals surface area contributed by atoms with Crippen molar-refractivity contribution in [2.45, 2.75) is 134 Å². The van der Waals surface area contributed by atoms with Crippen molar-refractivity contribution in [2.75, 3.05) is 342 Å². The number of carbonyl (C=O) groups excluding carboxylic acids is 4. The Bertz CT molecular complexity index is 3520. The van der Waals surface area contributed by atoms with E-state index in [0.717, 1.165) is 61.3 Å². The van der Waals surface area contributed by atoms with E-state index in [9.17, 15) is 32.1 Å². The number of fused-ring (bicyclic) bond motifs is 2. The number of hydroxylamine groups is 2. The molecular weight excluding hydrogens is 1730 g/mol. The first-order valence-corrected chi connectivity index (χ1v) is 48.2. The van der Waals surface area contributed by atoms with E-state index in [1.54, 1.807) is 13.2 Å². The summed E-state index contributed by atoms with van der Waals surface area (Å²) in [7, 11) is -3.10. The monoisotopic (exact) mass is 1890 g/mol. The molecule has 131 heavy (non-hydrogen) atoms. The van der Waals surface area contributed by atoms with E-state index in [0.29, 0.717) is 361 Å². The van der Waals surface area contributed by atoms with Crippen LogP contribution in [0.5, 0.6) is 0 Å². The van der Waals surface area contributed by atoms with Crippen LogP contribution >= 0.6 is 0 Å². The second kappa shape index (κ2) is 76.2. The van der Waals surface area contributed by atoms with Crippen LogP contribution in [0.3, 0.4) is 0 Å². The molecule has 0 radical (unpaired) electrons. The van der Waals surface area contributed by atoms with Gasteiger partial charge >= 0.3 is 5.97 Å². The van der Waals surface area contributed by atoms with Crippen LogP contribution in [-0.2, 0) is 159 Å². The average Bonchev–Trinajstić information content (AvgIpc) is 1.58. The summed E-state index contributed by atoms with van der Waals surface area (Å²) in [6, 6.07) is 11.2. The second-order valence-electron chi connectivity index (χ2n) is 31.3. The number of unbranched alkanes of at least 4 members (excludes halogenated alkanes) is 5. The molecule has 3 heterocycles. The molecule has 1 N–H and O–H groups in total. The molecule has 2 aromatic carbocycles. The first kappa shape index (κ1) is 116. The molecule has 0 saturated carbocycles. The number of amides is 3. The normalized spacial score (nSPS) is 15.4. The molecule has 5 rings (SSSR count). The van der Waals surface area contributed by atoms with Gasteiger partial charge < -0.3 is 133 Å². The summed E-state index contributed by atoms with van der Waals surface area (Å²) >= 11 is 0. The van der Waals surface area contributed by atoms with Gasteiger partial charge in [0.1, 0.15) is 16.7 Å². The minimum Gasteiger partial charge on any atom is -0.744 e. The maximum Gasteiger partial charge on any atom is 0.333 e. The summed E-state index contributed by atoms with van der Waals surface area (Å²) < 4.78 is 172. The van der Waals surface area contributed by atoms with Crippen LogP contribution < -0.4 is 10.2 Å². The van der Waals surface area contributed by atoms with Gasteiger partial charge in [-0.2, -0.15) is 4.58 Å². The lowest BCUT2D eigenvalue weighted by Crippen LogP contribution is -2.32. The predicted octanol–water partition coefficient (Wildman–Crippen LogP) is 8.11. The van der Waals surface area contributed by atoms with Crippen LogP contribution in [0.25, 0.3) is 0 Å². The zero-order chi connectivity index (χ0) is 93.9. The van der Waals surface area contributed by atoms with Crippen molar-refractivity contribution in [1.29, 1.82) is 0 Å². The number of nitrogens with zero attached hydrogens (tertiary/aromatic N) is 3. The highest BCUT2D eigenvalue weighted by Crippen LogP contribution is 2.52. The minimum atomic E-state index is -4.75. The molecule has 0 aliphatic carbocycles. The number of ether oxygens (including phenoxy) is 24. The summed E-state index contributed by atoms with van der Waals surface area (Å²) in [6.07, 6.45) is 17.4. The number of nitrogens with one attached hydrogen (secondary N) is 1. The van der Waals surface area contributed by atoms with E-state index >= 15 is 0 Å². The lowest BCUT2D eigenvalue weighted by Gasteiger charge is -2.30. The second-order valence-corrected chi connectivity index (χ2v) is 32.7. The number of carbonyl (C=O) groups is 4. The highest BCUT2D eigenvalue weighted by molar-refractivity contribution is 7.85. The number of imide groups is 1. The quantitative estimate of drug-likeness (QED) is 0.0215. The third-order valence-electron chi connectivity index (χ3n) is 20.7. The smallest absolute Gasteiger partial charge is 0.333 e. The Balaban J connectivity index is 0.721. The number of methoxy groups -OCH3 is 1. The SMILES string of the molecule is CCCCN1C(=CC=CC=CC2=[N+](CCCCCC(=O)NCCOCCOCCOCCOCCOCCOCCOCCOCCOCCOCCOCCOCCOCCOCCOCCOCCOCCOCCOCCOCCOCCOCCOCCOC)c3ccc(C)cc3C2(C)C)C(C)(CCCCCC(=O)ON2C(=O)CCC2=O)c2cc(S(=O)(=O)[O-])ccc21. The van der Waals surface area contributed by atoms with Crippen molar-refractivity contribution in [3.63, 3.8) is 0 Å². The Morgan fingerprint density at radius 1 is 0.435 bits per heavy atom. The van der Waals surface area contributed by atoms with Crippen molar-refractivity contribution in [2.24, 2.45) is 0 Å². The summed E-state index contributed by atoms with van der Waals surface area (Å²) in [4.78, 5) is 56.4. The van der Waals surface area contributed by atoms with Gasteiger partial charge in [0.15, 0.2) is 5.71 Å². The molecule has 0 aromatic heterocycles. The molecule has 750 valence electrons. The molecule has 1 atom stereocenters. The fourth-order valence-electron chi connectivity index (χ4n) is 13.8. The Labute approximate surface area is 778 Å². The molecule has 3 aliphatic heterocycles. The van der Waals surface area contributed by atoms with Crippen molar-refractivity contribution in [3.8, 4) is 0 Å². The molecule has 0 spiro atoms. The van der Waals surface area contributed by atoms with Gasteiger partial charge in [0.05, 0.1) is 321 Å². The van der Waals surface area contributed by atoms with E-state index in [-0.39, 0.29) is 35.5 Å². The summed E-state index contributed by atoms with van der Waals surface area (Å²) in [6.45, 7) is 34.9. The molecule has 36 nitrogen and oxygen atoms in total. The maximum absolute atomic E-state index is 12.8. The molecule has 2 aromatic rings. The van der Waals surface area contributed by atoms with E-state index in [1.807, 2.05) is 12.2 Å². The van der Waals surface area contributed by atoms with Gasteiger partial charge in [-0.15, -0.1) is 5.06 Å². The molecule has 1 fully saturated rings. The lowest BCUT2D eigenvalue weighted by atomic mass is 9.77. The zero-order valence-corrected chi connectivity index (χ0v) is 80.0. The number of aryl methyl sites for hydroxylation is 1. The van der Waals surface area contributed by atoms with Crippen molar-refractivity contribution in [1.82, 2.24) is 10.4 Å². The molecule has 37 heteroatoms. The molecule has 3 amide bonds. The molecular formula is C94H156N4O32S. The van der Waals surface area contributed by atoms with Gasteiger partial charge in [0, 0.05) is 86.8 Å². The number of hydrogen-bond donors (Lipinski definition) is 1. The van der Waals surface area contributed by atoms with Gasteiger partial charge in [-0.05, 0) is 95.7 Å². The third kappa shape index (κ3) is 53.5. The number of allylic oxidation sites excluding steroid dienone is 6. The van der Waals surface area contributed by atoms with Gasteiger partial charge in [-0.1, -0.05) is 56.0 Å². The van der Waals surface area contributed by atoms with Crippen LogP contribution in [0.15, 0.2) is 77.4 Å². The topological polar surface area (TPSA) is 378 Å². The molecule has 1 saturated heterocycles. The van der Waals surface area contributed by atoms with E-state index in [4.69, 9.17) is 119 Å². The number of benzene rings is 2. The van der Waals surface area contributed by atoms with E-state index in [2.05, 4.69) is 85.8 Å². The highest BCUT2D eigenvalue weighted by Gasteiger charge is 2.45. The predicted molar refractivity (Wildman–Crippen MR) is 487 cm³/mol. The summed E-state index contributed by atoms with van der Waals surface area (Å²) in [5.41, 5.74) is 6.35. The number of rotatable bonds is 92. The van der Waals surface area contributed by atoms with Crippen LogP contribution in [0.4, 0.5) is 11.4 Å². The van der Waals surface area contributed by atoms with E-state index in [1.165, 1.54) is 28.9 Å². The van der Waals surface area contributed by atoms with Crippen LogP contribution in [0.1, 0.15) is 128 Å². The van der Waals surface area contributed by atoms with Crippen LogP contribution in [0, 0.1) is 6.92 Å². The van der Waals surface area contributed by atoms with Crippen LogP contribution in [-0.4, -0.2) is 389 Å². The van der Waals surface area contributed by atoms with Crippen molar-refractivity contribution < 1.29 is 155 Å². The molecule has 1 unspecified atom stereocenters. The summed E-state index contributed by atoms with van der Waals surface area (Å²) in [5.74, 6) is -1.72. The van der Waals surface area contributed by atoms with Crippen LogP contribution in [0.2, 0.25) is 0 Å². The van der Waals surface area contributed by atoms with Crippen molar-refractivity contribution in [3.05, 3.63) is 89.2 Å². The standard InChI is InChI=1S/C94H156N4O32S/c1-7-8-30-97-86-25-23-82(131(103,104)105)80-84(86)94(5,28-16-10-15-21-92(102)130-98-90(100)26-27-91(98)101)88(97)19-13-9-12-18-87-93(3,4)83-79-81(2)22-24-85(83)96(87)31-17-11-14-20-89(99)95-29-32-107-35-36-109-39-40-111-43-44-113-47-48-115-51-52-117-55-56-119-59-60-121-63-64-123-67-68-125-71-72-127-75-76-129-78-77-128-74-73-126-70-69-124-66-65-122-62-61-120-58-57-118-54-53-116-50-49-114-46-45-112-42-41-110-38-37-108-34-33-106-6/h9,12-13,18-19,22-25,79-80H,7-8,10-11,14-17,20-21,26-78H2,1-6H3,(H-,95,99,103,104,105). The van der Waals surface area contributed by atoms with E-state index < -0.39 is 33.3 Å². The lowest BCUT2D eigenvalue weighted by molar-refractivity contribution is -0.438. The first-order valence-electron chi connectivity index (χ1n) is 46.8. The molecule has 0 bridgehead atoms. The van der Waals surface area contributed by atoms with Gasteiger partial charge in [0.2, 0.25) is 11.6 Å². The average molecular weight is 1890 g/mol. The number of hydrogen-bond acceptors (Lipinski definition) is 33. The van der Waals surface area contributed by atoms with Gasteiger partial charge in [-0.3, -0.25) is 14.4 Å². The summed E-state index contributed by atoms with van der Waals surface area (Å²) in [5, 5.41) is 3.53. The fourth-order valence-corrected chi connectivity index (χ4v) is 14.3. The first-order chi connectivity index (χ1) is 64.0. The zero-order valence-electron chi connectivity index (χ0n) is 79.2. The van der Waals surface area contributed by atoms with Gasteiger partial charge in [0.25, 0.3) is 11.8 Å². The maximum atomic E-state index is 12.8. The Hall–Kier alpha value is -5.84. The number of anilines is 1. The fraction of sp³-hybridized carbons (Fsp3) is 0.755. The Morgan fingerprint density at radius 3 is 1.18 bits per heavy atom. The minimum absolute atomic E-state index is 0.00824. The Kier molecular flexibility index (Phi) is 67.3. The highest BCUT2D eigenvalue weighted by atomic mass is 32.2. The molecule has 3 aliphatic rings. The third-order valence-corrected chi connectivity index (χ3v) is 21.6. The Morgan fingerprint density at radius 2 is 0.802 bits per heavy atom. The largest absolute Gasteiger partial charge is 0.744 e. The van der Waals surface area contributed by atoms with Gasteiger partial charge in [-0.25, -0.2) is 13.2 Å².